The molecule has 0 aliphatic rings. The molecule has 2 heterocycles. The molecule has 0 fully saturated rings. The highest BCUT2D eigenvalue weighted by atomic mass is 32.1. The third-order valence-electron chi connectivity index (χ3n) is 2.37. The summed E-state index contributed by atoms with van der Waals surface area (Å²) in [5.74, 6) is -0.906. The Balaban J connectivity index is 1.91. The molecule has 7 nitrogen and oxygen atoms in total. The van der Waals surface area contributed by atoms with E-state index in [1.165, 1.54) is 19.2 Å². The Hall–Kier alpha value is -2.19. The van der Waals surface area contributed by atoms with Gasteiger partial charge in [-0.2, -0.15) is 0 Å². The zero-order valence-electron chi connectivity index (χ0n) is 10.6. The van der Waals surface area contributed by atoms with E-state index in [1.54, 1.807) is 6.07 Å². The lowest BCUT2D eigenvalue weighted by atomic mass is 10.3. The van der Waals surface area contributed by atoms with Gasteiger partial charge in [0.25, 0.3) is 5.91 Å². The molecule has 0 aliphatic heterocycles. The van der Waals surface area contributed by atoms with E-state index < -0.39 is 5.97 Å². The quantitative estimate of drug-likeness (QED) is 0.837. The molecule has 20 heavy (non-hydrogen) atoms. The first-order chi connectivity index (χ1) is 9.60. The van der Waals surface area contributed by atoms with E-state index in [1.807, 2.05) is 0 Å². The van der Waals surface area contributed by atoms with E-state index in [4.69, 9.17) is 14.4 Å². The van der Waals surface area contributed by atoms with Crippen LogP contribution < -0.4 is 5.32 Å². The number of methoxy groups -OCH3 is 1. The third kappa shape index (κ3) is 3.43. The van der Waals surface area contributed by atoms with Gasteiger partial charge in [0.05, 0.1) is 6.54 Å². The summed E-state index contributed by atoms with van der Waals surface area (Å²) in [5, 5.41) is 15.1. The summed E-state index contributed by atoms with van der Waals surface area (Å²) in [7, 11) is 1.51. The van der Waals surface area contributed by atoms with E-state index in [9.17, 15) is 9.59 Å². The van der Waals surface area contributed by atoms with E-state index >= 15 is 0 Å². The summed E-state index contributed by atoms with van der Waals surface area (Å²) < 4.78 is 9.76. The van der Waals surface area contributed by atoms with Gasteiger partial charge >= 0.3 is 5.97 Å². The number of nitrogens with one attached hydrogen (secondary N) is 1. The molecule has 106 valence electrons. The van der Waals surface area contributed by atoms with Crippen LogP contribution in [0.15, 0.2) is 22.7 Å². The van der Waals surface area contributed by atoms with Crippen LogP contribution in [0, 0.1) is 0 Å². The second kappa shape index (κ2) is 6.31. The summed E-state index contributed by atoms with van der Waals surface area (Å²) in [6.07, 6.45) is 0. The van der Waals surface area contributed by atoms with Crippen molar-refractivity contribution >= 4 is 23.2 Å². The summed E-state index contributed by atoms with van der Waals surface area (Å²) in [5.41, 5.74) is 0.159. The van der Waals surface area contributed by atoms with Gasteiger partial charge in [-0.05, 0) is 12.1 Å². The van der Waals surface area contributed by atoms with Crippen molar-refractivity contribution in [2.24, 2.45) is 0 Å². The molecule has 0 aromatic carbocycles. The second-order valence-corrected chi connectivity index (χ2v) is 5.03. The van der Waals surface area contributed by atoms with Crippen molar-refractivity contribution < 1.29 is 24.0 Å². The molecule has 0 bridgehead atoms. The van der Waals surface area contributed by atoms with Gasteiger partial charge in [-0.25, -0.2) is 4.79 Å². The summed E-state index contributed by atoms with van der Waals surface area (Å²) in [4.78, 5) is 23.5. The molecule has 0 spiro atoms. The van der Waals surface area contributed by atoms with Crippen LogP contribution in [0.3, 0.4) is 0 Å². The Labute approximate surface area is 118 Å². The van der Waals surface area contributed by atoms with Gasteiger partial charge in [0, 0.05) is 18.1 Å². The molecule has 2 N–H and O–H groups in total. The topological polar surface area (TPSA) is 102 Å². The van der Waals surface area contributed by atoms with Gasteiger partial charge in [-0.1, -0.05) is 5.16 Å². The molecule has 2 aromatic heterocycles. The van der Waals surface area contributed by atoms with Gasteiger partial charge in [0.2, 0.25) is 0 Å². The zero-order valence-corrected chi connectivity index (χ0v) is 11.4. The lowest BCUT2D eigenvalue weighted by Gasteiger charge is -1.99. The molecular formula is C12H12N2O5S. The van der Waals surface area contributed by atoms with Crippen LogP contribution >= 0.6 is 11.3 Å². The van der Waals surface area contributed by atoms with Crippen LogP contribution in [0.5, 0.6) is 0 Å². The van der Waals surface area contributed by atoms with Crippen molar-refractivity contribution in [3.63, 3.8) is 0 Å². The Morgan fingerprint density at radius 2 is 2.30 bits per heavy atom. The van der Waals surface area contributed by atoms with Gasteiger partial charge in [-0.3, -0.25) is 4.79 Å². The Morgan fingerprint density at radius 1 is 1.50 bits per heavy atom. The highest BCUT2D eigenvalue weighted by molar-refractivity contribution is 7.13. The molecule has 0 radical (unpaired) electrons. The van der Waals surface area contributed by atoms with E-state index in [2.05, 4.69) is 10.5 Å². The molecule has 0 saturated heterocycles. The summed E-state index contributed by atoms with van der Waals surface area (Å²) in [6, 6.07) is 4.66. The van der Waals surface area contributed by atoms with Crippen LogP contribution in [0.1, 0.15) is 30.8 Å². The number of aromatic carboxylic acids is 1. The Bertz CT molecular complexity index is 619. The Morgan fingerprint density at radius 3 is 2.95 bits per heavy atom. The van der Waals surface area contributed by atoms with Crippen molar-refractivity contribution in [2.45, 2.75) is 13.2 Å². The van der Waals surface area contributed by atoms with Crippen LogP contribution in [0.25, 0.3) is 0 Å². The predicted octanol–water partition coefficient (Wildman–Crippen LogP) is 1.51. The molecule has 0 unspecified atom stereocenters. The normalized spacial score (nSPS) is 10.4. The number of rotatable bonds is 6. The predicted molar refractivity (Wildman–Crippen MR) is 69.7 cm³/mol. The highest BCUT2D eigenvalue weighted by Gasteiger charge is 2.13. The number of carboxylic acid groups (broad SMARTS) is 1. The molecule has 2 rings (SSSR count). The fraction of sp³-hybridized carbons (Fsp3) is 0.250. The maximum Gasteiger partial charge on any atom is 0.345 e. The molecule has 2 aromatic rings. The van der Waals surface area contributed by atoms with Gasteiger partial charge in [-0.15, -0.1) is 11.3 Å². The number of nitrogens with zero attached hydrogens (tertiary/aromatic N) is 1. The van der Waals surface area contributed by atoms with Crippen molar-refractivity contribution in [3.05, 3.63) is 39.4 Å². The lowest BCUT2D eigenvalue weighted by Crippen LogP contribution is -2.22. The highest BCUT2D eigenvalue weighted by Crippen LogP contribution is 2.16. The number of amides is 1. The molecular weight excluding hydrogens is 284 g/mol. The first kappa shape index (κ1) is 14.2. The fourth-order valence-corrected chi connectivity index (χ4v) is 2.26. The summed E-state index contributed by atoms with van der Waals surface area (Å²) >= 11 is 1.11. The number of ether oxygens (including phenoxy) is 1. The van der Waals surface area contributed by atoms with Crippen LogP contribution in [0.2, 0.25) is 0 Å². The van der Waals surface area contributed by atoms with Crippen LogP contribution in [-0.2, 0) is 17.9 Å². The standard InChI is InChI=1S/C12H12N2O5S/c1-18-6-7-4-9(14-19-7)11(15)13-5-8-2-3-10(20-8)12(16)17/h2-4H,5-6H2,1H3,(H,13,15)(H,16,17). The smallest absolute Gasteiger partial charge is 0.345 e. The third-order valence-corrected chi connectivity index (χ3v) is 3.45. The first-order valence-corrected chi connectivity index (χ1v) is 6.46. The molecule has 0 aliphatic carbocycles. The van der Waals surface area contributed by atoms with E-state index in [0.717, 1.165) is 16.2 Å². The average molecular weight is 296 g/mol. The number of hydrogen-bond donors (Lipinski definition) is 2. The maximum absolute atomic E-state index is 11.8. The Kier molecular flexibility index (Phi) is 4.49. The van der Waals surface area contributed by atoms with Gasteiger partial charge in [0.1, 0.15) is 11.5 Å². The van der Waals surface area contributed by atoms with Crippen molar-refractivity contribution in [3.8, 4) is 0 Å². The number of hydrogen-bond acceptors (Lipinski definition) is 6. The second-order valence-electron chi connectivity index (χ2n) is 3.87. The number of aromatic nitrogens is 1. The monoisotopic (exact) mass is 296 g/mol. The van der Waals surface area contributed by atoms with Crippen LogP contribution in [-0.4, -0.2) is 29.2 Å². The minimum absolute atomic E-state index is 0.159. The average Bonchev–Trinajstić information content (AvgIpc) is 3.05. The minimum Gasteiger partial charge on any atom is -0.477 e. The van der Waals surface area contributed by atoms with Crippen molar-refractivity contribution in [2.75, 3.05) is 7.11 Å². The SMILES string of the molecule is COCc1cc(C(=O)NCc2ccc(C(=O)O)s2)no1. The zero-order chi connectivity index (χ0) is 14.5. The number of carboxylic acids is 1. The molecule has 8 heteroatoms. The lowest BCUT2D eigenvalue weighted by molar-refractivity contribution is 0.0702. The maximum atomic E-state index is 11.8. The number of thiophene rings is 1. The molecule has 1 amide bonds. The van der Waals surface area contributed by atoms with E-state index in [-0.39, 0.29) is 29.6 Å². The molecule has 0 saturated carbocycles. The van der Waals surface area contributed by atoms with Gasteiger partial charge in [0.15, 0.2) is 11.5 Å². The number of carbonyl (C=O) groups is 2. The van der Waals surface area contributed by atoms with Crippen molar-refractivity contribution in [1.82, 2.24) is 10.5 Å². The fourth-order valence-electron chi connectivity index (χ4n) is 1.48. The molecule has 0 atom stereocenters. The minimum atomic E-state index is -0.978. The van der Waals surface area contributed by atoms with Gasteiger partial charge < -0.3 is 19.7 Å². The number of carbonyl (C=O) groups excluding carboxylic acids is 1. The van der Waals surface area contributed by atoms with Crippen molar-refractivity contribution in [1.29, 1.82) is 0 Å². The summed E-state index contributed by atoms with van der Waals surface area (Å²) in [6.45, 7) is 0.483. The van der Waals surface area contributed by atoms with E-state index in [0.29, 0.717) is 5.76 Å². The van der Waals surface area contributed by atoms with Crippen LogP contribution in [0.4, 0.5) is 0 Å². The largest absolute Gasteiger partial charge is 0.477 e. The first-order valence-electron chi connectivity index (χ1n) is 5.65.